The zero-order valence-electron chi connectivity index (χ0n) is 9.96. The van der Waals surface area contributed by atoms with Crippen LogP contribution in [0.5, 0.6) is 5.75 Å². The number of hydrogen-bond donors (Lipinski definition) is 1. The van der Waals surface area contributed by atoms with Gasteiger partial charge >= 0.3 is 0 Å². The Morgan fingerprint density at radius 3 is 2.94 bits per heavy atom. The lowest BCUT2D eigenvalue weighted by Gasteiger charge is -2.15. The molecule has 0 aliphatic heterocycles. The van der Waals surface area contributed by atoms with E-state index in [2.05, 4.69) is 18.3 Å². The van der Waals surface area contributed by atoms with Crippen molar-refractivity contribution in [3.05, 3.63) is 40.9 Å². The zero-order chi connectivity index (χ0) is 12.0. The molecule has 0 aliphatic carbocycles. The van der Waals surface area contributed by atoms with Gasteiger partial charge in [0.1, 0.15) is 5.75 Å². The number of methoxy groups -OCH3 is 1. The van der Waals surface area contributed by atoms with Gasteiger partial charge in [0, 0.05) is 18.1 Å². The molecule has 0 amide bonds. The lowest BCUT2D eigenvalue weighted by atomic mass is 10.1. The molecule has 0 aromatic heterocycles. The van der Waals surface area contributed by atoms with Crippen LogP contribution in [0.4, 0.5) is 0 Å². The Bertz CT molecular complexity index is 363. The molecular formula is C13H18ClNO. The third kappa shape index (κ3) is 3.87. The van der Waals surface area contributed by atoms with E-state index in [1.165, 1.54) is 5.56 Å². The van der Waals surface area contributed by atoms with Gasteiger partial charge in [-0.15, -0.1) is 0 Å². The van der Waals surface area contributed by atoms with Gasteiger partial charge in [0.05, 0.1) is 7.11 Å². The lowest BCUT2D eigenvalue weighted by molar-refractivity contribution is 0.413. The van der Waals surface area contributed by atoms with Crippen LogP contribution in [0, 0.1) is 0 Å². The van der Waals surface area contributed by atoms with Crippen LogP contribution in [0.1, 0.15) is 25.5 Å². The van der Waals surface area contributed by atoms with E-state index in [4.69, 9.17) is 16.3 Å². The molecule has 0 radical (unpaired) electrons. The Morgan fingerprint density at radius 1 is 1.56 bits per heavy atom. The molecule has 0 bridgehead atoms. The molecule has 88 valence electrons. The van der Waals surface area contributed by atoms with E-state index < -0.39 is 0 Å². The van der Waals surface area contributed by atoms with Crippen LogP contribution in [-0.2, 0) is 0 Å². The van der Waals surface area contributed by atoms with Crippen LogP contribution >= 0.6 is 11.6 Å². The molecule has 1 rings (SSSR count). The third-order valence-electron chi connectivity index (χ3n) is 2.47. The second-order valence-corrected chi connectivity index (χ2v) is 4.05. The Labute approximate surface area is 102 Å². The van der Waals surface area contributed by atoms with Gasteiger partial charge in [0.15, 0.2) is 0 Å². The number of ether oxygens (including phenoxy) is 1. The Morgan fingerprint density at radius 2 is 2.31 bits per heavy atom. The van der Waals surface area contributed by atoms with Gasteiger partial charge < -0.3 is 10.1 Å². The highest BCUT2D eigenvalue weighted by atomic mass is 35.5. The smallest absolute Gasteiger partial charge is 0.119 e. The van der Waals surface area contributed by atoms with E-state index in [1.54, 1.807) is 12.6 Å². The number of nitrogens with one attached hydrogen (secondary N) is 1. The van der Waals surface area contributed by atoms with E-state index in [0.29, 0.717) is 0 Å². The topological polar surface area (TPSA) is 21.3 Å². The number of hydrogen-bond acceptors (Lipinski definition) is 2. The molecular weight excluding hydrogens is 222 g/mol. The highest BCUT2D eigenvalue weighted by Crippen LogP contribution is 2.18. The quantitative estimate of drug-likeness (QED) is 0.850. The van der Waals surface area contributed by atoms with E-state index in [9.17, 15) is 0 Å². The average molecular weight is 240 g/mol. The molecule has 1 N–H and O–H groups in total. The first-order chi connectivity index (χ1) is 7.67. The van der Waals surface area contributed by atoms with Crippen LogP contribution in [-0.4, -0.2) is 13.7 Å². The van der Waals surface area contributed by atoms with Gasteiger partial charge in [-0.05, 0) is 37.1 Å². The predicted molar refractivity (Wildman–Crippen MR) is 69.0 cm³/mol. The summed E-state index contributed by atoms with van der Waals surface area (Å²) in [5.74, 6) is 0.885. The predicted octanol–water partition coefficient (Wildman–Crippen LogP) is 3.49. The van der Waals surface area contributed by atoms with Crippen molar-refractivity contribution in [1.82, 2.24) is 5.32 Å². The molecule has 0 fully saturated rings. The van der Waals surface area contributed by atoms with Crippen molar-refractivity contribution < 1.29 is 4.74 Å². The molecule has 1 aromatic carbocycles. The summed E-state index contributed by atoms with van der Waals surface area (Å²) in [6.45, 7) is 4.91. The first-order valence-electron chi connectivity index (χ1n) is 5.30. The molecule has 1 atom stereocenters. The standard InChI is InChI=1S/C13H18ClNO/c1-10(8-14)9-15-11(2)12-5-4-6-13(7-12)16-3/h4-8,11,15H,9H2,1-3H3/b10-8+/t11-/m1/s1. The van der Waals surface area contributed by atoms with E-state index in [-0.39, 0.29) is 6.04 Å². The van der Waals surface area contributed by atoms with Crippen LogP contribution in [0.2, 0.25) is 0 Å². The van der Waals surface area contributed by atoms with Crippen molar-refractivity contribution in [3.8, 4) is 5.75 Å². The first kappa shape index (κ1) is 13.1. The van der Waals surface area contributed by atoms with E-state index >= 15 is 0 Å². The maximum Gasteiger partial charge on any atom is 0.119 e. The molecule has 0 saturated heterocycles. The van der Waals surface area contributed by atoms with Gasteiger partial charge in [0.2, 0.25) is 0 Å². The zero-order valence-corrected chi connectivity index (χ0v) is 10.7. The van der Waals surface area contributed by atoms with Crippen LogP contribution in [0.15, 0.2) is 35.4 Å². The highest BCUT2D eigenvalue weighted by Gasteiger charge is 2.05. The summed E-state index contributed by atoms with van der Waals surface area (Å²) in [4.78, 5) is 0. The number of halogens is 1. The maximum atomic E-state index is 5.61. The largest absolute Gasteiger partial charge is 0.497 e. The lowest BCUT2D eigenvalue weighted by Crippen LogP contribution is -2.20. The summed E-state index contributed by atoms with van der Waals surface area (Å²) in [5, 5.41) is 3.39. The normalized spacial score (nSPS) is 13.6. The van der Waals surface area contributed by atoms with Crippen molar-refractivity contribution in [1.29, 1.82) is 0 Å². The fourth-order valence-corrected chi connectivity index (χ4v) is 1.46. The number of benzene rings is 1. The van der Waals surface area contributed by atoms with Gasteiger partial charge in [-0.3, -0.25) is 0 Å². The molecule has 1 aromatic rings. The van der Waals surface area contributed by atoms with Crippen LogP contribution < -0.4 is 10.1 Å². The molecule has 16 heavy (non-hydrogen) atoms. The minimum Gasteiger partial charge on any atom is -0.497 e. The van der Waals surface area contributed by atoms with Gasteiger partial charge in [0.25, 0.3) is 0 Å². The molecule has 0 aliphatic rings. The molecule has 2 nitrogen and oxygen atoms in total. The fourth-order valence-electron chi connectivity index (χ4n) is 1.38. The van der Waals surface area contributed by atoms with Crippen molar-refractivity contribution in [3.63, 3.8) is 0 Å². The number of rotatable bonds is 5. The Kier molecular flexibility index (Phi) is 5.36. The van der Waals surface area contributed by atoms with Gasteiger partial charge in [-0.25, -0.2) is 0 Å². The second-order valence-electron chi connectivity index (χ2n) is 3.83. The minimum absolute atomic E-state index is 0.279. The molecule has 0 spiro atoms. The summed E-state index contributed by atoms with van der Waals surface area (Å²) in [7, 11) is 1.68. The van der Waals surface area contributed by atoms with Crippen molar-refractivity contribution in [2.24, 2.45) is 0 Å². The monoisotopic (exact) mass is 239 g/mol. The average Bonchev–Trinajstić information content (AvgIpc) is 2.35. The highest BCUT2D eigenvalue weighted by molar-refractivity contribution is 6.25. The summed E-state index contributed by atoms with van der Waals surface area (Å²) in [6, 6.07) is 8.34. The maximum absolute atomic E-state index is 5.61. The van der Waals surface area contributed by atoms with Crippen molar-refractivity contribution in [2.45, 2.75) is 19.9 Å². The fraction of sp³-hybridized carbons (Fsp3) is 0.385. The third-order valence-corrected chi connectivity index (χ3v) is 2.84. The minimum atomic E-state index is 0.279. The molecule has 3 heteroatoms. The molecule has 0 saturated carbocycles. The van der Waals surface area contributed by atoms with E-state index in [1.807, 2.05) is 25.1 Å². The van der Waals surface area contributed by atoms with Crippen molar-refractivity contribution >= 4 is 11.6 Å². The van der Waals surface area contributed by atoms with E-state index in [0.717, 1.165) is 17.9 Å². The van der Waals surface area contributed by atoms with Crippen LogP contribution in [0.25, 0.3) is 0 Å². The Balaban J connectivity index is 2.61. The van der Waals surface area contributed by atoms with Crippen LogP contribution in [0.3, 0.4) is 0 Å². The summed E-state index contributed by atoms with van der Waals surface area (Å²) in [6.07, 6.45) is 0. The summed E-state index contributed by atoms with van der Waals surface area (Å²) >= 11 is 5.61. The Hall–Kier alpha value is -0.990. The van der Waals surface area contributed by atoms with Crippen molar-refractivity contribution in [2.75, 3.05) is 13.7 Å². The molecule has 0 unspecified atom stereocenters. The second kappa shape index (κ2) is 6.56. The molecule has 0 heterocycles. The first-order valence-corrected chi connectivity index (χ1v) is 5.74. The van der Waals surface area contributed by atoms with Gasteiger partial charge in [-0.1, -0.05) is 23.7 Å². The summed E-state index contributed by atoms with van der Waals surface area (Å²) in [5.41, 5.74) is 3.93. The van der Waals surface area contributed by atoms with Gasteiger partial charge in [-0.2, -0.15) is 0 Å². The SMILES string of the molecule is COc1cccc([C@@H](C)NC/C(C)=C/Cl)c1. The summed E-state index contributed by atoms with van der Waals surface area (Å²) < 4.78 is 5.19.